The molecule has 0 radical (unpaired) electrons. The van der Waals surface area contributed by atoms with E-state index in [1.54, 1.807) is 6.07 Å². The van der Waals surface area contributed by atoms with Crippen molar-refractivity contribution in [1.82, 2.24) is 14.8 Å². The summed E-state index contributed by atoms with van der Waals surface area (Å²) in [4.78, 5) is 14.7. The quantitative estimate of drug-likeness (QED) is 0.941. The molecule has 1 N–H and O–H groups in total. The number of rotatable bonds is 4. The molecule has 1 aromatic carbocycles. The maximum absolute atomic E-state index is 13.2. The number of carbonyl (C=O) groups is 1. The highest BCUT2D eigenvalue weighted by Gasteiger charge is 2.22. The van der Waals surface area contributed by atoms with Gasteiger partial charge in [0.05, 0.1) is 0 Å². The number of carbonyl (C=O) groups excluding carboxylic acids is 1. The predicted octanol–water partition coefficient (Wildman–Crippen LogP) is 2.77. The van der Waals surface area contributed by atoms with E-state index >= 15 is 0 Å². The number of hydrogen-bond donors (Lipinski definition) is 1. The molecule has 1 aliphatic heterocycles. The Labute approximate surface area is 136 Å². The fourth-order valence-corrected chi connectivity index (χ4v) is 3.30. The van der Waals surface area contributed by atoms with Crippen molar-refractivity contribution < 1.29 is 9.18 Å². The third kappa shape index (κ3) is 3.72. The Kier molecular flexibility index (Phi) is 4.66. The number of amides is 1. The summed E-state index contributed by atoms with van der Waals surface area (Å²) in [5.41, 5.74) is 0.885. The van der Waals surface area contributed by atoms with E-state index in [9.17, 15) is 9.18 Å². The van der Waals surface area contributed by atoms with Crippen LogP contribution >= 0.6 is 0 Å². The van der Waals surface area contributed by atoms with Crippen LogP contribution in [0.1, 0.15) is 26.7 Å². The van der Waals surface area contributed by atoms with E-state index in [1.165, 1.54) is 12.1 Å². The summed E-state index contributed by atoms with van der Waals surface area (Å²) in [6, 6.07) is 7.31. The average Bonchev–Trinajstić information content (AvgIpc) is 2.89. The summed E-state index contributed by atoms with van der Waals surface area (Å²) in [6.45, 7) is 6.76. The zero-order valence-electron chi connectivity index (χ0n) is 13.8. The second kappa shape index (κ2) is 6.71. The highest BCUT2D eigenvalue weighted by molar-refractivity contribution is 5.83. The van der Waals surface area contributed by atoms with Gasteiger partial charge in [-0.2, -0.15) is 0 Å². The van der Waals surface area contributed by atoms with Crippen LogP contribution in [0.15, 0.2) is 30.5 Å². The van der Waals surface area contributed by atoms with Crippen LogP contribution in [0.5, 0.6) is 0 Å². The van der Waals surface area contributed by atoms with Gasteiger partial charge < -0.3 is 14.8 Å². The van der Waals surface area contributed by atoms with Gasteiger partial charge in [-0.05, 0) is 51.0 Å². The molecule has 0 saturated carbocycles. The smallest absolute Gasteiger partial charge is 0.240 e. The molecule has 4 nitrogen and oxygen atoms in total. The first-order chi connectivity index (χ1) is 11.0. The van der Waals surface area contributed by atoms with E-state index < -0.39 is 0 Å². The van der Waals surface area contributed by atoms with Crippen molar-refractivity contribution in [3.63, 3.8) is 0 Å². The van der Waals surface area contributed by atoms with E-state index in [1.807, 2.05) is 16.8 Å². The molecule has 1 saturated heterocycles. The number of piperidine rings is 1. The Hall–Kier alpha value is -1.88. The van der Waals surface area contributed by atoms with Gasteiger partial charge in [-0.3, -0.25) is 4.79 Å². The molecular formula is C18H24FN3O. The number of hydrogen-bond acceptors (Lipinski definition) is 2. The molecule has 2 aromatic rings. The van der Waals surface area contributed by atoms with E-state index in [-0.39, 0.29) is 24.3 Å². The van der Waals surface area contributed by atoms with E-state index in [0.717, 1.165) is 36.8 Å². The van der Waals surface area contributed by atoms with E-state index in [4.69, 9.17) is 0 Å². The van der Waals surface area contributed by atoms with Crippen molar-refractivity contribution in [3.05, 3.63) is 36.3 Å². The van der Waals surface area contributed by atoms with Crippen LogP contribution < -0.4 is 5.32 Å². The minimum Gasteiger partial charge on any atom is -0.352 e. The fraction of sp³-hybridized carbons (Fsp3) is 0.500. The number of aromatic nitrogens is 1. The molecule has 5 heteroatoms. The molecule has 0 unspecified atom stereocenters. The number of likely N-dealkylation sites (tertiary alicyclic amines) is 1. The van der Waals surface area contributed by atoms with Crippen LogP contribution in [0.4, 0.5) is 4.39 Å². The lowest BCUT2D eigenvalue weighted by Gasteiger charge is -2.34. The predicted molar refractivity (Wildman–Crippen MR) is 89.8 cm³/mol. The van der Waals surface area contributed by atoms with Crippen LogP contribution in [0.3, 0.4) is 0 Å². The summed E-state index contributed by atoms with van der Waals surface area (Å²) in [5, 5.41) is 3.95. The Morgan fingerprint density at radius 1 is 1.30 bits per heavy atom. The first-order valence-electron chi connectivity index (χ1n) is 8.31. The number of halogens is 1. The van der Waals surface area contributed by atoms with Crippen molar-refractivity contribution in [2.24, 2.45) is 0 Å². The van der Waals surface area contributed by atoms with E-state index in [0.29, 0.717) is 6.04 Å². The van der Waals surface area contributed by atoms with Gasteiger partial charge in [0.1, 0.15) is 12.4 Å². The molecule has 23 heavy (non-hydrogen) atoms. The fourth-order valence-electron chi connectivity index (χ4n) is 3.30. The van der Waals surface area contributed by atoms with Gasteiger partial charge in [-0.15, -0.1) is 0 Å². The Balaban J connectivity index is 1.57. The number of benzene rings is 1. The molecule has 1 aromatic heterocycles. The lowest BCUT2D eigenvalue weighted by molar-refractivity contribution is -0.122. The molecule has 1 aliphatic rings. The van der Waals surface area contributed by atoms with Crippen molar-refractivity contribution in [3.8, 4) is 0 Å². The summed E-state index contributed by atoms with van der Waals surface area (Å²) < 4.78 is 15.1. The number of nitrogens with one attached hydrogen (secondary N) is 1. The van der Waals surface area contributed by atoms with Gasteiger partial charge in [0.2, 0.25) is 5.91 Å². The first kappa shape index (κ1) is 16.0. The summed E-state index contributed by atoms with van der Waals surface area (Å²) in [5.74, 6) is -0.230. The highest BCUT2D eigenvalue weighted by atomic mass is 19.1. The maximum Gasteiger partial charge on any atom is 0.240 e. The van der Waals surface area contributed by atoms with Gasteiger partial charge in [0.25, 0.3) is 0 Å². The Morgan fingerprint density at radius 2 is 2.04 bits per heavy atom. The lowest BCUT2D eigenvalue weighted by Crippen LogP contribution is -2.47. The normalized spacial score (nSPS) is 17.0. The van der Waals surface area contributed by atoms with Crippen LogP contribution in [0, 0.1) is 5.82 Å². The molecule has 124 valence electrons. The molecule has 3 rings (SSSR count). The molecular weight excluding hydrogens is 293 g/mol. The highest BCUT2D eigenvalue weighted by Crippen LogP contribution is 2.17. The third-order valence-electron chi connectivity index (χ3n) is 4.67. The Morgan fingerprint density at radius 3 is 2.74 bits per heavy atom. The molecule has 2 heterocycles. The summed E-state index contributed by atoms with van der Waals surface area (Å²) in [7, 11) is 0. The topological polar surface area (TPSA) is 37.3 Å². The largest absolute Gasteiger partial charge is 0.352 e. The van der Waals surface area contributed by atoms with Crippen LogP contribution in [0.2, 0.25) is 0 Å². The van der Waals surface area contributed by atoms with E-state index in [2.05, 4.69) is 24.1 Å². The number of nitrogens with zero attached hydrogens (tertiary/aromatic N) is 2. The van der Waals surface area contributed by atoms with Crippen LogP contribution in [-0.4, -0.2) is 40.5 Å². The zero-order valence-corrected chi connectivity index (χ0v) is 13.8. The second-order valence-corrected chi connectivity index (χ2v) is 6.62. The third-order valence-corrected chi connectivity index (χ3v) is 4.67. The van der Waals surface area contributed by atoms with Gasteiger partial charge in [-0.1, -0.05) is 0 Å². The van der Waals surface area contributed by atoms with Crippen LogP contribution in [-0.2, 0) is 11.3 Å². The molecule has 0 atom stereocenters. The summed E-state index contributed by atoms with van der Waals surface area (Å²) >= 11 is 0. The van der Waals surface area contributed by atoms with Crippen molar-refractivity contribution in [1.29, 1.82) is 0 Å². The van der Waals surface area contributed by atoms with Crippen molar-refractivity contribution in [2.45, 2.75) is 45.3 Å². The monoisotopic (exact) mass is 317 g/mol. The van der Waals surface area contributed by atoms with Gasteiger partial charge >= 0.3 is 0 Å². The van der Waals surface area contributed by atoms with Gasteiger partial charge in [0, 0.05) is 42.3 Å². The average molecular weight is 317 g/mol. The zero-order chi connectivity index (χ0) is 16.4. The molecule has 0 aliphatic carbocycles. The number of fused-ring (bicyclic) bond motifs is 1. The molecule has 1 fully saturated rings. The maximum atomic E-state index is 13.2. The summed E-state index contributed by atoms with van der Waals surface area (Å²) in [6.07, 6.45) is 3.84. The molecule has 0 bridgehead atoms. The lowest BCUT2D eigenvalue weighted by atomic mass is 10.0. The van der Waals surface area contributed by atoms with Crippen LogP contribution in [0.25, 0.3) is 10.9 Å². The second-order valence-electron chi connectivity index (χ2n) is 6.62. The minimum atomic E-state index is -0.253. The van der Waals surface area contributed by atoms with Gasteiger partial charge in [-0.25, -0.2) is 4.39 Å². The van der Waals surface area contributed by atoms with Crippen molar-refractivity contribution >= 4 is 16.8 Å². The SMILES string of the molecule is CC(C)N1CCC(NC(=O)Cn2ccc3cc(F)ccc32)CC1. The Bertz CT molecular complexity index is 687. The molecule has 0 spiro atoms. The van der Waals surface area contributed by atoms with Crippen molar-refractivity contribution in [2.75, 3.05) is 13.1 Å². The first-order valence-corrected chi connectivity index (χ1v) is 8.31. The van der Waals surface area contributed by atoms with Gasteiger partial charge in [0.15, 0.2) is 0 Å². The standard InChI is InChI=1S/C18H24FN3O/c1-13(2)21-9-6-16(7-10-21)20-18(23)12-22-8-5-14-11-15(19)3-4-17(14)22/h3-5,8,11,13,16H,6-7,9-10,12H2,1-2H3,(H,20,23). The minimum absolute atomic E-state index is 0.0230. The molecule has 1 amide bonds.